The average Bonchev–Trinajstić information content (AvgIpc) is 2.73. The maximum Gasteiger partial charge on any atom is 0.416 e. The summed E-state index contributed by atoms with van der Waals surface area (Å²) >= 11 is 4.42. The highest BCUT2D eigenvalue weighted by atomic mass is 79.9. The SMILES string of the molecule is OC(c1ccccc1C(F)(F)F)c1sccc1Br. The second kappa shape index (κ2) is 5.03. The first kappa shape index (κ1) is 13.6. The summed E-state index contributed by atoms with van der Waals surface area (Å²) in [4.78, 5) is 0.465. The van der Waals surface area contributed by atoms with Crippen LogP contribution < -0.4 is 0 Å². The van der Waals surface area contributed by atoms with Crippen molar-refractivity contribution >= 4 is 27.3 Å². The normalized spacial score (nSPS) is 13.6. The molecular weight excluding hydrogens is 329 g/mol. The van der Waals surface area contributed by atoms with Crippen molar-refractivity contribution in [1.29, 1.82) is 0 Å². The quantitative estimate of drug-likeness (QED) is 0.848. The topological polar surface area (TPSA) is 20.2 Å². The Labute approximate surface area is 114 Å². The lowest BCUT2D eigenvalue weighted by atomic mass is 10.0. The molecule has 2 aromatic rings. The summed E-state index contributed by atoms with van der Waals surface area (Å²) in [6.07, 6.45) is -5.75. The van der Waals surface area contributed by atoms with Crippen LogP contribution in [0.5, 0.6) is 0 Å². The van der Waals surface area contributed by atoms with Crippen LogP contribution in [0.2, 0.25) is 0 Å². The maximum atomic E-state index is 12.8. The Kier molecular flexibility index (Phi) is 3.79. The fraction of sp³-hybridized carbons (Fsp3) is 0.167. The summed E-state index contributed by atoms with van der Waals surface area (Å²) in [5, 5.41) is 11.8. The molecular formula is C12H8BrF3OS. The van der Waals surface area contributed by atoms with E-state index in [1.807, 2.05) is 0 Å². The molecule has 96 valence electrons. The Balaban J connectivity index is 2.49. The highest BCUT2D eigenvalue weighted by Crippen LogP contribution is 2.39. The summed E-state index contributed by atoms with van der Waals surface area (Å²) in [5.41, 5.74) is -0.939. The predicted molar refractivity (Wildman–Crippen MR) is 67.5 cm³/mol. The van der Waals surface area contributed by atoms with Gasteiger partial charge >= 0.3 is 6.18 Å². The summed E-state index contributed by atoms with van der Waals surface area (Å²) in [6, 6.07) is 6.75. The number of aliphatic hydroxyl groups excluding tert-OH is 1. The lowest BCUT2D eigenvalue weighted by molar-refractivity contribution is -0.138. The third-order valence-corrected chi connectivity index (χ3v) is 4.38. The first-order valence-electron chi connectivity index (χ1n) is 4.98. The molecule has 1 aromatic carbocycles. The van der Waals surface area contributed by atoms with E-state index in [1.54, 1.807) is 11.4 Å². The van der Waals surface area contributed by atoms with E-state index in [1.165, 1.54) is 29.5 Å². The Hall–Kier alpha value is -0.850. The lowest BCUT2D eigenvalue weighted by Crippen LogP contribution is -2.12. The molecule has 1 unspecified atom stereocenters. The van der Waals surface area contributed by atoms with E-state index in [2.05, 4.69) is 15.9 Å². The smallest absolute Gasteiger partial charge is 0.383 e. The molecule has 0 aliphatic carbocycles. The molecule has 0 bridgehead atoms. The van der Waals surface area contributed by atoms with Gasteiger partial charge in [0, 0.05) is 4.47 Å². The number of hydrogen-bond acceptors (Lipinski definition) is 2. The molecule has 0 saturated carbocycles. The zero-order chi connectivity index (χ0) is 13.3. The first-order chi connectivity index (χ1) is 8.41. The summed E-state index contributed by atoms with van der Waals surface area (Å²) in [7, 11) is 0. The third kappa shape index (κ3) is 2.60. The fourth-order valence-corrected chi connectivity index (χ4v) is 3.23. The van der Waals surface area contributed by atoms with Gasteiger partial charge in [-0.25, -0.2) is 0 Å². The Morgan fingerprint density at radius 2 is 1.83 bits per heavy atom. The van der Waals surface area contributed by atoms with Crippen LogP contribution in [0, 0.1) is 0 Å². The molecule has 1 N–H and O–H groups in total. The van der Waals surface area contributed by atoms with Crippen molar-refractivity contribution in [1.82, 2.24) is 0 Å². The van der Waals surface area contributed by atoms with E-state index in [0.29, 0.717) is 9.35 Å². The fourth-order valence-electron chi connectivity index (χ4n) is 1.64. The molecule has 1 nitrogen and oxygen atoms in total. The maximum absolute atomic E-state index is 12.8. The minimum Gasteiger partial charge on any atom is -0.383 e. The summed E-state index contributed by atoms with van der Waals surface area (Å²) in [6.45, 7) is 0. The van der Waals surface area contributed by atoms with E-state index >= 15 is 0 Å². The van der Waals surface area contributed by atoms with Crippen molar-refractivity contribution < 1.29 is 18.3 Å². The number of thiophene rings is 1. The van der Waals surface area contributed by atoms with Gasteiger partial charge in [0.1, 0.15) is 6.10 Å². The molecule has 18 heavy (non-hydrogen) atoms. The van der Waals surface area contributed by atoms with Crippen molar-refractivity contribution in [2.45, 2.75) is 12.3 Å². The molecule has 2 rings (SSSR count). The third-order valence-electron chi connectivity index (χ3n) is 2.45. The second-order valence-electron chi connectivity index (χ2n) is 3.62. The molecule has 0 spiro atoms. The number of benzene rings is 1. The minimum absolute atomic E-state index is 0.131. The van der Waals surface area contributed by atoms with Crippen LogP contribution >= 0.6 is 27.3 Å². The largest absolute Gasteiger partial charge is 0.416 e. The van der Waals surface area contributed by atoms with Gasteiger partial charge in [-0.1, -0.05) is 18.2 Å². The van der Waals surface area contributed by atoms with E-state index in [0.717, 1.165) is 6.07 Å². The Morgan fingerprint density at radius 1 is 1.17 bits per heavy atom. The Bertz CT molecular complexity index is 550. The zero-order valence-corrected chi connectivity index (χ0v) is 11.3. The standard InChI is InChI=1S/C12H8BrF3OS/c13-9-5-6-18-11(9)10(17)7-3-1-2-4-8(7)12(14,15)16/h1-6,10,17H. The monoisotopic (exact) mass is 336 g/mol. The molecule has 0 radical (unpaired) electrons. The van der Waals surface area contributed by atoms with E-state index < -0.39 is 17.8 Å². The Morgan fingerprint density at radius 3 is 2.39 bits per heavy atom. The van der Waals surface area contributed by atoms with Gasteiger partial charge in [-0.15, -0.1) is 11.3 Å². The van der Waals surface area contributed by atoms with Gasteiger partial charge in [-0.05, 0) is 39.0 Å². The number of halogens is 4. The van der Waals surface area contributed by atoms with E-state index in [4.69, 9.17) is 0 Å². The molecule has 0 saturated heterocycles. The van der Waals surface area contributed by atoms with Crippen molar-refractivity contribution in [3.05, 3.63) is 56.2 Å². The van der Waals surface area contributed by atoms with E-state index in [9.17, 15) is 18.3 Å². The highest BCUT2D eigenvalue weighted by molar-refractivity contribution is 9.10. The van der Waals surface area contributed by atoms with Crippen molar-refractivity contribution in [2.75, 3.05) is 0 Å². The second-order valence-corrected chi connectivity index (χ2v) is 5.42. The summed E-state index contributed by atoms with van der Waals surface area (Å²) in [5.74, 6) is 0. The van der Waals surface area contributed by atoms with Crippen LogP contribution in [0.3, 0.4) is 0 Å². The van der Waals surface area contributed by atoms with Gasteiger partial charge in [0.2, 0.25) is 0 Å². The van der Waals surface area contributed by atoms with Crippen molar-refractivity contribution in [3.8, 4) is 0 Å². The van der Waals surface area contributed by atoms with E-state index in [-0.39, 0.29) is 5.56 Å². The lowest BCUT2D eigenvalue weighted by Gasteiger charge is -2.16. The van der Waals surface area contributed by atoms with Crippen molar-refractivity contribution in [2.24, 2.45) is 0 Å². The van der Waals surface area contributed by atoms with Crippen LogP contribution in [0.4, 0.5) is 13.2 Å². The molecule has 1 heterocycles. The van der Waals surface area contributed by atoms with Crippen LogP contribution in [0.1, 0.15) is 22.1 Å². The molecule has 0 aliphatic heterocycles. The molecule has 1 atom stereocenters. The number of hydrogen-bond donors (Lipinski definition) is 1. The highest BCUT2D eigenvalue weighted by Gasteiger charge is 2.35. The molecule has 0 fully saturated rings. The van der Waals surface area contributed by atoms with Gasteiger partial charge in [0.05, 0.1) is 10.4 Å². The van der Waals surface area contributed by atoms with Crippen LogP contribution in [-0.2, 0) is 6.18 Å². The van der Waals surface area contributed by atoms with Crippen molar-refractivity contribution in [3.63, 3.8) is 0 Å². The van der Waals surface area contributed by atoms with Gasteiger partial charge in [0.15, 0.2) is 0 Å². The van der Waals surface area contributed by atoms with Gasteiger partial charge in [-0.2, -0.15) is 13.2 Å². The summed E-state index contributed by atoms with van der Waals surface area (Å²) < 4.78 is 39.1. The molecule has 6 heteroatoms. The van der Waals surface area contributed by atoms with Crippen LogP contribution in [0.15, 0.2) is 40.2 Å². The molecule has 0 amide bonds. The van der Waals surface area contributed by atoms with Gasteiger partial charge in [-0.3, -0.25) is 0 Å². The minimum atomic E-state index is -4.47. The first-order valence-corrected chi connectivity index (χ1v) is 6.65. The number of aliphatic hydroxyl groups is 1. The van der Waals surface area contributed by atoms with Crippen LogP contribution in [-0.4, -0.2) is 5.11 Å². The van der Waals surface area contributed by atoms with Gasteiger partial charge < -0.3 is 5.11 Å². The number of rotatable bonds is 2. The van der Waals surface area contributed by atoms with Crippen LogP contribution in [0.25, 0.3) is 0 Å². The zero-order valence-electron chi connectivity index (χ0n) is 8.91. The predicted octanol–water partition coefficient (Wildman–Crippen LogP) is 4.61. The molecule has 1 aromatic heterocycles. The van der Waals surface area contributed by atoms with Gasteiger partial charge in [0.25, 0.3) is 0 Å². The number of alkyl halides is 3. The average molecular weight is 337 g/mol. The molecule has 0 aliphatic rings.